The minimum absolute atomic E-state index is 0.978. The molecule has 3 nitrogen and oxygen atoms in total. The zero-order chi connectivity index (χ0) is 33.9. The first-order valence-corrected chi connectivity index (χ1v) is 17.9. The Hall–Kier alpha value is -6.97. The van der Waals surface area contributed by atoms with E-state index in [-0.39, 0.29) is 0 Å². The molecule has 0 atom stereocenters. The van der Waals surface area contributed by atoms with E-state index in [1.807, 2.05) is 0 Å². The molecular formula is C49H29N3. The fourth-order valence-electron chi connectivity index (χ4n) is 8.94. The number of rotatable bonds is 2. The molecule has 1 aliphatic rings. The summed E-state index contributed by atoms with van der Waals surface area (Å²) >= 11 is 0. The van der Waals surface area contributed by atoms with E-state index in [0.717, 1.165) is 28.0 Å². The Labute approximate surface area is 299 Å². The summed E-state index contributed by atoms with van der Waals surface area (Å²) in [5.41, 5.74) is 14.2. The highest BCUT2D eigenvalue weighted by Gasteiger charge is 2.27. The number of hydrogen-bond acceptors (Lipinski definition) is 1. The van der Waals surface area contributed by atoms with Gasteiger partial charge in [-0.25, -0.2) is 4.98 Å². The predicted octanol–water partition coefficient (Wildman–Crippen LogP) is 12.9. The third-order valence-electron chi connectivity index (χ3n) is 11.2. The molecule has 0 radical (unpaired) electrons. The first kappa shape index (κ1) is 27.8. The second-order valence-electron chi connectivity index (χ2n) is 14.0. The molecule has 0 spiro atoms. The molecule has 0 amide bonds. The fourth-order valence-corrected chi connectivity index (χ4v) is 8.94. The van der Waals surface area contributed by atoms with Gasteiger partial charge in [0.15, 0.2) is 0 Å². The summed E-state index contributed by atoms with van der Waals surface area (Å²) in [6, 6.07) is 64.3. The monoisotopic (exact) mass is 659 g/mol. The Morgan fingerprint density at radius 3 is 1.92 bits per heavy atom. The van der Waals surface area contributed by atoms with Gasteiger partial charge in [0.2, 0.25) is 0 Å². The molecule has 8 aromatic carbocycles. The summed E-state index contributed by atoms with van der Waals surface area (Å²) in [5, 5.41) is 8.67. The van der Waals surface area contributed by atoms with Gasteiger partial charge in [-0.1, -0.05) is 115 Å². The average molecular weight is 660 g/mol. The van der Waals surface area contributed by atoms with Crippen molar-refractivity contribution in [3.8, 4) is 44.9 Å². The second-order valence-corrected chi connectivity index (χ2v) is 14.0. The first-order chi connectivity index (χ1) is 25.8. The van der Waals surface area contributed by atoms with Crippen LogP contribution in [0, 0.1) is 0 Å². The molecule has 11 aromatic rings. The molecule has 0 bridgehead atoms. The van der Waals surface area contributed by atoms with Crippen LogP contribution in [0.1, 0.15) is 0 Å². The van der Waals surface area contributed by atoms with Crippen molar-refractivity contribution in [2.24, 2.45) is 0 Å². The van der Waals surface area contributed by atoms with Crippen LogP contribution in [-0.2, 0) is 0 Å². The van der Waals surface area contributed by atoms with Crippen LogP contribution in [0.4, 0.5) is 0 Å². The van der Waals surface area contributed by atoms with Gasteiger partial charge in [0, 0.05) is 43.7 Å². The van der Waals surface area contributed by atoms with Crippen LogP contribution in [-0.4, -0.2) is 14.1 Å². The van der Waals surface area contributed by atoms with Gasteiger partial charge in [0.1, 0.15) is 5.82 Å². The summed E-state index contributed by atoms with van der Waals surface area (Å²) in [6.07, 6.45) is 0. The van der Waals surface area contributed by atoms with Crippen molar-refractivity contribution in [3.63, 3.8) is 0 Å². The highest BCUT2D eigenvalue weighted by molar-refractivity contribution is 6.22. The van der Waals surface area contributed by atoms with Crippen LogP contribution in [0.3, 0.4) is 0 Å². The van der Waals surface area contributed by atoms with Gasteiger partial charge in [0.05, 0.1) is 27.6 Å². The summed E-state index contributed by atoms with van der Waals surface area (Å²) in [6.45, 7) is 0. The normalized spacial score (nSPS) is 12.2. The highest BCUT2D eigenvalue weighted by Crippen LogP contribution is 2.49. The largest absolute Gasteiger partial charge is 0.309 e. The molecule has 52 heavy (non-hydrogen) atoms. The van der Waals surface area contributed by atoms with E-state index in [0.29, 0.717) is 0 Å². The average Bonchev–Trinajstić information content (AvgIpc) is 3.69. The topological polar surface area (TPSA) is 22.8 Å². The van der Waals surface area contributed by atoms with Crippen molar-refractivity contribution >= 4 is 65.3 Å². The van der Waals surface area contributed by atoms with E-state index in [9.17, 15) is 0 Å². The Morgan fingerprint density at radius 2 is 1.04 bits per heavy atom. The lowest BCUT2D eigenvalue weighted by molar-refractivity contribution is 1.11. The molecule has 3 heteroatoms. The van der Waals surface area contributed by atoms with Crippen molar-refractivity contribution in [3.05, 3.63) is 176 Å². The summed E-state index contributed by atoms with van der Waals surface area (Å²) < 4.78 is 4.82. The van der Waals surface area contributed by atoms with Crippen LogP contribution in [0.5, 0.6) is 0 Å². The minimum atomic E-state index is 0.978. The van der Waals surface area contributed by atoms with Gasteiger partial charge in [-0.3, -0.25) is 4.57 Å². The molecule has 240 valence electrons. The number of benzene rings is 8. The third kappa shape index (κ3) is 3.72. The quantitative estimate of drug-likeness (QED) is 0.181. The van der Waals surface area contributed by atoms with Gasteiger partial charge in [-0.05, 0) is 93.7 Å². The van der Waals surface area contributed by atoms with Gasteiger partial charge in [-0.2, -0.15) is 0 Å². The third-order valence-corrected chi connectivity index (χ3v) is 11.2. The maximum atomic E-state index is 5.38. The van der Waals surface area contributed by atoms with Crippen LogP contribution in [0.15, 0.2) is 176 Å². The van der Waals surface area contributed by atoms with Crippen LogP contribution in [0.2, 0.25) is 0 Å². The Morgan fingerprint density at radius 1 is 0.365 bits per heavy atom. The Balaban J connectivity index is 1.20. The van der Waals surface area contributed by atoms with E-state index < -0.39 is 0 Å². The van der Waals surface area contributed by atoms with Crippen LogP contribution < -0.4 is 0 Å². The first-order valence-electron chi connectivity index (χ1n) is 17.9. The summed E-state index contributed by atoms with van der Waals surface area (Å²) in [7, 11) is 0. The highest BCUT2D eigenvalue weighted by atomic mass is 15.1. The van der Waals surface area contributed by atoms with Gasteiger partial charge in [-0.15, -0.1) is 0 Å². The predicted molar refractivity (Wildman–Crippen MR) is 218 cm³/mol. The van der Waals surface area contributed by atoms with Gasteiger partial charge >= 0.3 is 0 Å². The second kappa shape index (κ2) is 10.3. The molecule has 4 heterocycles. The molecule has 0 N–H and O–H groups in total. The Kier molecular flexibility index (Phi) is 5.50. The fraction of sp³-hybridized carbons (Fsp3) is 0. The SMILES string of the molecule is c1ccc(-n2c3ccc(-c4cc5c6c(c4)c4ccccc4n6-c4nc6ccccc6cc4-c4ccccc4-5)cc3c3c4ccccc4ccc32)cc1. The van der Waals surface area contributed by atoms with E-state index in [1.54, 1.807) is 0 Å². The van der Waals surface area contributed by atoms with Crippen LogP contribution >= 0.6 is 0 Å². The summed E-state index contributed by atoms with van der Waals surface area (Å²) in [5.74, 6) is 0.978. The number of para-hydroxylation sites is 3. The smallest absolute Gasteiger partial charge is 0.146 e. The van der Waals surface area contributed by atoms with E-state index in [4.69, 9.17) is 4.98 Å². The van der Waals surface area contributed by atoms with E-state index in [2.05, 4.69) is 185 Å². The molecule has 0 aliphatic carbocycles. The number of fused-ring (bicyclic) bond motifs is 14. The number of hydrogen-bond donors (Lipinski definition) is 0. The van der Waals surface area contributed by atoms with E-state index >= 15 is 0 Å². The lowest BCUT2D eigenvalue weighted by atomic mass is 9.91. The van der Waals surface area contributed by atoms with Crippen molar-refractivity contribution in [2.45, 2.75) is 0 Å². The molecule has 3 aromatic heterocycles. The lowest BCUT2D eigenvalue weighted by Gasteiger charge is -2.13. The number of pyridine rings is 1. The molecule has 12 rings (SSSR count). The molecule has 0 saturated heterocycles. The number of aromatic nitrogens is 3. The maximum absolute atomic E-state index is 5.38. The van der Waals surface area contributed by atoms with Crippen molar-refractivity contribution in [1.29, 1.82) is 0 Å². The van der Waals surface area contributed by atoms with Crippen molar-refractivity contribution < 1.29 is 0 Å². The lowest BCUT2D eigenvalue weighted by Crippen LogP contribution is -2.00. The number of nitrogens with zero attached hydrogens (tertiary/aromatic N) is 3. The van der Waals surface area contributed by atoms with Gasteiger partial charge in [0.25, 0.3) is 0 Å². The van der Waals surface area contributed by atoms with E-state index in [1.165, 1.54) is 82.2 Å². The Bertz CT molecular complexity index is 3290. The zero-order valence-corrected chi connectivity index (χ0v) is 28.1. The standard InChI is InChI=1S/C49H29N3/c1-2-14-34(15-3-1)51-45-24-23-31(26-42(45)47-35-16-6-4-12-30(35)22-25-46(47)51)33-28-39-36-17-7-8-18-37(36)41-27-32-13-5-10-20-43(32)50-49(41)52-44-21-11-9-19-38(44)40(29-33)48(39)52/h1-29H. The maximum Gasteiger partial charge on any atom is 0.146 e. The zero-order valence-electron chi connectivity index (χ0n) is 28.1. The molecular weight excluding hydrogens is 631 g/mol. The summed E-state index contributed by atoms with van der Waals surface area (Å²) in [4.78, 5) is 5.38. The minimum Gasteiger partial charge on any atom is -0.309 e. The molecule has 1 aliphatic heterocycles. The molecule has 0 saturated carbocycles. The van der Waals surface area contributed by atoms with Crippen molar-refractivity contribution in [1.82, 2.24) is 14.1 Å². The van der Waals surface area contributed by atoms with Gasteiger partial charge < -0.3 is 4.57 Å². The van der Waals surface area contributed by atoms with Crippen molar-refractivity contribution in [2.75, 3.05) is 0 Å². The van der Waals surface area contributed by atoms with Crippen LogP contribution in [0.25, 0.3) is 110 Å². The molecule has 0 fully saturated rings. The molecule has 0 unspecified atom stereocenters.